The summed E-state index contributed by atoms with van der Waals surface area (Å²) in [6.45, 7) is 12.5. The zero-order valence-electron chi connectivity index (χ0n) is 14.0. The quantitative estimate of drug-likeness (QED) is 0.606. The van der Waals surface area contributed by atoms with E-state index in [2.05, 4.69) is 38.8 Å². The lowest BCUT2D eigenvalue weighted by atomic mass is 9.95. The van der Waals surface area contributed by atoms with Crippen LogP contribution < -0.4 is 0 Å². The molecule has 0 amide bonds. The van der Waals surface area contributed by atoms with Gasteiger partial charge in [-0.3, -0.25) is 4.99 Å². The number of benzene rings is 1. The standard InChI is InChI=1S/C17H27NO2/c1-11-9-16(14(4)13(3)12(11)2)10-18-15(5)17(6,19-7)20-8/h9-10,15H,1-8H3. The number of aryl methyl sites for hydroxylation is 1. The molecule has 0 aliphatic rings. The van der Waals surface area contributed by atoms with Gasteiger partial charge in [-0.15, -0.1) is 0 Å². The average Bonchev–Trinajstić information content (AvgIpc) is 2.46. The van der Waals surface area contributed by atoms with Gasteiger partial charge < -0.3 is 9.47 Å². The third kappa shape index (κ3) is 3.28. The largest absolute Gasteiger partial charge is 0.351 e. The van der Waals surface area contributed by atoms with Crippen LogP contribution >= 0.6 is 0 Å². The predicted molar refractivity (Wildman–Crippen MR) is 84.9 cm³/mol. The second-order valence-corrected chi connectivity index (χ2v) is 5.54. The zero-order valence-corrected chi connectivity index (χ0v) is 14.0. The Morgan fingerprint density at radius 2 is 1.60 bits per heavy atom. The third-order valence-corrected chi connectivity index (χ3v) is 4.53. The van der Waals surface area contributed by atoms with Crippen LogP contribution in [0, 0.1) is 27.7 Å². The van der Waals surface area contributed by atoms with E-state index in [9.17, 15) is 0 Å². The molecule has 1 unspecified atom stereocenters. The van der Waals surface area contributed by atoms with Gasteiger partial charge in [0.05, 0.1) is 0 Å². The lowest BCUT2D eigenvalue weighted by Crippen LogP contribution is -2.40. The van der Waals surface area contributed by atoms with Gasteiger partial charge >= 0.3 is 0 Å². The molecule has 0 saturated carbocycles. The Labute approximate surface area is 123 Å². The fraction of sp³-hybridized carbons (Fsp3) is 0.588. The molecule has 0 radical (unpaired) electrons. The highest BCUT2D eigenvalue weighted by molar-refractivity contribution is 5.83. The summed E-state index contributed by atoms with van der Waals surface area (Å²) < 4.78 is 10.8. The summed E-state index contributed by atoms with van der Waals surface area (Å²) in [7, 11) is 3.28. The molecule has 0 fully saturated rings. The summed E-state index contributed by atoms with van der Waals surface area (Å²) in [5.74, 6) is -0.695. The van der Waals surface area contributed by atoms with Crippen molar-refractivity contribution in [1.82, 2.24) is 0 Å². The van der Waals surface area contributed by atoms with E-state index < -0.39 is 5.79 Å². The molecule has 0 aliphatic heterocycles. The summed E-state index contributed by atoms with van der Waals surface area (Å²) >= 11 is 0. The van der Waals surface area contributed by atoms with Gasteiger partial charge in [0, 0.05) is 20.4 Å². The second-order valence-electron chi connectivity index (χ2n) is 5.54. The van der Waals surface area contributed by atoms with Crippen LogP contribution in [-0.4, -0.2) is 32.3 Å². The number of aliphatic imine (C=N–C) groups is 1. The molecule has 3 nitrogen and oxygen atoms in total. The zero-order chi connectivity index (χ0) is 15.5. The maximum atomic E-state index is 5.40. The summed E-state index contributed by atoms with van der Waals surface area (Å²) in [5, 5.41) is 0. The van der Waals surface area contributed by atoms with Gasteiger partial charge in [-0.1, -0.05) is 0 Å². The van der Waals surface area contributed by atoms with Gasteiger partial charge in [-0.2, -0.15) is 0 Å². The van der Waals surface area contributed by atoms with Crippen LogP contribution in [-0.2, 0) is 9.47 Å². The molecular formula is C17H27NO2. The highest BCUT2D eigenvalue weighted by Gasteiger charge is 2.30. The Hall–Kier alpha value is -1.19. The Morgan fingerprint density at radius 1 is 1.05 bits per heavy atom. The van der Waals surface area contributed by atoms with Gasteiger partial charge in [0.1, 0.15) is 6.04 Å². The molecule has 0 saturated heterocycles. The minimum absolute atomic E-state index is 0.0844. The van der Waals surface area contributed by atoms with E-state index in [0.717, 1.165) is 5.56 Å². The van der Waals surface area contributed by atoms with Crippen LogP contribution in [0.2, 0.25) is 0 Å². The highest BCUT2D eigenvalue weighted by Crippen LogP contribution is 2.22. The van der Waals surface area contributed by atoms with E-state index in [0.29, 0.717) is 0 Å². The summed E-state index contributed by atoms with van der Waals surface area (Å²) in [4.78, 5) is 4.61. The lowest BCUT2D eigenvalue weighted by molar-refractivity contribution is -0.202. The molecule has 1 rings (SSSR count). The number of rotatable bonds is 5. The van der Waals surface area contributed by atoms with E-state index in [4.69, 9.17) is 9.47 Å². The molecule has 0 aliphatic carbocycles. The fourth-order valence-electron chi connectivity index (χ4n) is 2.13. The van der Waals surface area contributed by atoms with Crippen molar-refractivity contribution in [2.75, 3.05) is 14.2 Å². The first kappa shape index (κ1) is 16.9. The molecule has 0 heterocycles. The smallest absolute Gasteiger partial charge is 0.186 e. The second kappa shape index (κ2) is 6.51. The molecular weight excluding hydrogens is 250 g/mol. The Bertz CT molecular complexity index is 502. The Morgan fingerprint density at radius 3 is 2.10 bits per heavy atom. The Balaban J connectivity index is 3.08. The van der Waals surface area contributed by atoms with Crippen LogP contribution in [0.1, 0.15) is 41.7 Å². The third-order valence-electron chi connectivity index (χ3n) is 4.53. The molecule has 0 aromatic heterocycles. The number of hydrogen-bond acceptors (Lipinski definition) is 3. The first-order chi connectivity index (χ1) is 9.26. The monoisotopic (exact) mass is 277 g/mol. The molecule has 0 spiro atoms. The molecule has 3 heteroatoms. The summed E-state index contributed by atoms with van der Waals surface area (Å²) in [6.07, 6.45) is 1.93. The number of ether oxygens (including phenoxy) is 2. The van der Waals surface area contributed by atoms with Crippen molar-refractivity contribution in [3.05, 3.63) is 33.9 Å². The minimum atomic E-state index is -0.695. The topological polar surface area (TPSA) is 30.8 Å². The van der Waals surface area contributed by atoms with Gasteiger partial charge in [0.15, 0.2) is 5.79 Å². The van der Waals surface area contributed by atoms with Crippen LogP contribution in [0.25, 0.3) is 0 Å². The normalized spacial score (nSPS) is 14.0. The molecule has 1 atom stereocenters. The van der Waals surface area contributed by atoms with Crippen molar-refractivity contribution < 1.29 is 9.47 Å². The van der Waals surface area contributed by atoms with Crippen molar-refractivity contribution in [2.24, 2.45) is 4.99 Å². The fourth-order valence-corrected chi connectivity index (χ4v) is 2.13. The maximum absolute atomic E-state index is 5.40. The number of methoxy groups -OCH3 is 2. The average molecular weight is 277 g/mol. The number of nitrogens with zero attached hydrogens (tertiary/aromatic N) is 1. The van der Waals surface area contributed by atoms with Crippen molar-refractivity contribution in [3.63, 3.8) is 0 Å². The van der Waals surface area contributed by atoms with E-state index in [1.54, 1.807) is 14.2 Å². The van der Waals surface area contributed by atoms with Gasteiger partial charge in [0.25, 0.3) is 0 Å². The van der Waals surface area contributed by atoms with Gasteiger partial charge in [-0.25, -0.2) is 0 Å². The summed E-state index contributed by atoms with van der Waals surface area (Å²) in [6, 6.07) is 2.10. The van der Waals surface area contributed by atoms with E-state index >= 15 is 0 Å². The van der Waals surface area contributed by atoms with Crippen LogP contribution in [0.15, 0.2) is 11.1 Å². The lowest BCUT2D eigenvalue weighted by Gasteiger charge is -2.30. The van der Waals surface area contributed by atoms with E-state index in [-0.39, 0.29) is 6.04 Å². The highest BCUT2D eigenvalue weighted by atomic mass is 16.7. The van der Waals surface area contributed by atoms with Crippen LogP contribution in [0.3, 0.4) is 0 Å². The van der Waals surface area contributed by atoms with E-state index in [1.165, 1.54) is 22.3 Å². The van der Waals surface area contributed by atoms with Gasteiger partial charge in [0.2, 0.25) is 0 Å². The van der Waals surface area contributed by atoms with Crippen molar-refractivity contribution in [2.45, 2.75) is 53.4 Å². The molecule has 1 aromatic carbocycles. The van der Waals surface area contributed by atoms with Crippen LogP contribution in [0.4, 0.5) is 0 Å². The first-order valence-electron chi connectivity index (χ1n) is 6.97. The molecule has 0 N–H and O–H groups in total. The molecule has 0 bridgehead atoms. The number of hydrogen-bond donors (Lipinski definition) is 0. The Kier molecular flexibility index (Phi) is 5.49. The minimum Gasteiger partial charge on any atom is -0.351 e. The van der Waals surface area contributed by atoms with Crippen molar-refractivity contribution >= 4 is 6.21 Å². The maximum Gasteiger partial charge on any atom is 0.186 e. The SMILES string of the molecule is COC(C)(OC)C(C)N=Cc1cc(C)c(C)c(C)c1C. The van der Waals surface area contributed by atoms with Crippen molar-refractivity contribution in [1.29, 1.82) is 0 Å². The van der Waals surface area contributed by atoms with Gasteiger partial charge in [-0.05, 0) is 75.4 Å². The first-order valence-corrected chi connectivity index (χ1v) is 6.97. The molecule has 1 aromatic rings. The summed E-state index contributed by atoms with van der Waals surface area (Å²) in [5.41, 5.74) is 6.42. The van der Waals surface area contributed by atoms with Crippen LogP contribution in [0.5, 0.6) is 0 Å². The predicted octanol–water partition coefficient (Wildman–Crippen LogP) is 3.74. The molecule has 20 heavy (non-hydrogen) atoms. The van der Waals surface area contributed by atoms with Crippen molar-refractivity contribution in [3.8, 4) is 0 Å². The molecule has 112 valence electrons. The van der Waals surface area contributed by atoms with E-state index in [1.807, 2.05) is 20.1 Å².